The lowest BCUT2D eigenvalue weighted by Crippen LogP contribution is -2.05. The summed E-state index contributed by atoms with van der Waals surface area (Å²) in [6.07, 6.45) is 5.74. The molecule has 0 radical (unpaired) electrons. The Balaban J connectivity index is 1.94. The lowest BCUT2D eigenvalue weighted by molar-refractivity contribution is 0.545. The van der Waals surface area contributed by atoms with Crippen molar-refractivity contribution in [2.75, 3.05) is 0 Å². The van der Waals surface area contributed by atoms with Crippen molar-refractivity contribution in [2.45, 2.75) is 25.3 Å². The highest BCUT2D eigenvalue weighted by molar-refractivity contribution is 5.79. The second-order valence-electron chi connectivity index (χ2n) is 5.89. The number of benzene rings is 1. The van der Waals surface area contributed by atoms with Crippen molar-refractivity contribution in [2.24, 2.45) is 0 Å². The van der Waals surface area contributed by atoms with E-state index in [0.29, 0.717) is 6.42 Å². The van der Waals surface area contributed by atoms with E-state index in [-0.39, 0.29) is 11.9 Å². The van der Waals surface area contributed by atoms with E-state index in [9.17, 15) is 4.39 Å². The first-order chi connectivity index (χ1) is 11.8. The molecule has 0 amide bonds. The predicted molar refractivity (Wildman–Crippen MR) is 88.4 cm³/mol. The van der Waals surface area contributed by atoms with Gasteiger partial charge < -0.3 is 4.57 Å². The topological polar surface area (TPSA) is 54.5 Å². The summed E-state index contributed by atoms with van der Waals surface area (Å²) in [6.45, 7) is 0. The van der Waals surface area contributed by atoms with Crippen LogP contribution in [0.4, 0.5) is 4.39 Å². The maximum atomic E-state index is 13.3. The molecule has 0 aliphatic carbocycles. The first kappa shape index (κ1) is 14.6. The van der Waals surface area contributed by atoms with Crippen LogP contribution in [0.25, 0.3) is 22.5 Å². The smallest absolute Gasteiger partial charge is 0.123 e. The summed E-state index contributed by atoms with van der Waals surface area (Å²) in [4.78, 5) is 8.90. The largest absolute Gasteiger partial charge is 0.323 e. The van der Waals surface area contributed by atoms with E-state index in [1.807, 2.05) is 12.1 Å². The molecule has 24 heavy (non-hydrogen) atoms. The number of hydrogen-bond donors (Lipinski definition) is 0. The van der Waals surface area contributed by atoms with Crippen LogP contribution in [-0.4, -0.2) is 14.5 Å². The first-order valence-electron chi connectivity index (χ1n) is 7.92. The fourth-order valence-electron chi connectivity index (χ4n) is 3.37. The molecular weight excluding hydrogens is 303 g/mol. The molecule has 0 spiro atoms. The summed E-state index contributed by atoms with van der Waals surface area (Å²) in [6, 6.07) is 12.7. The van der Waals surface area contributed by atoms with E-state index in [2.05, 4.69) is 15.6 Å². The number of fused-ring (bicyclic) bond motifs is 1. The highest BCUT2D eigenvalue weighted by atomic mass is 19.1. The maximum Gasteiger partial charge on any atom is 0.123 e. The molecule has 1 atom stereocenters. The highest BCUT2D eigenvalue weighted by Crippen LogP contribution is 2.40. The molecular formula is C19H15FN4. The Morgan fingerprint density at radius 3 is 2.58 bits per heavy atom. The number of pyridine rings is 1. The average Bonchev–Trinajstić information content (AvgIpc) is 3.17. The van der Waals surface area contributed by atoms with Crippen molar-refractivity contribution < 1.29 is 4.39 Å². The van der Waals surface area contributed by atoms with Crippen molar-refractivity contribution >= 4 is 0 Å². The van der Waals surface area contributed by atoms with E-state index >= 15 is 0 Å². The van der Waals surface area contributed by atoms with Gasteiger partial charge in [-0.25, -0.2) is 9.37 Å². The molecule has 3 aromatic rings. The van der Waals surface area contributed by atoms with Gasteiger partial charge in [0, 0.05) is 36.0 Å². The van der Waals surface area contributed by atoms with Crippen molar-refractivity contribution in [3.63, 3.8) is 0 Å². The van der Waals surface area contributed by atoms with Gasteiger partial charge >= 0.3 is 0 Å². The number of nitriles is 1. The Hall–Kier alpha value is -3.00. The third-order valence-electron chi connectivity index (χ3n) is 4.45. The quantitative estimate of drug-likeness (QED) is 0.729. The van der Waals surface area contributed by atoms with Crippen molar-refractivity contribution in [3.05, 3.63) is 60.4 Å². The monoisotopic (exact) mass is 318 g/mol. The molecule has 1 aliphatic heterocycles. The van der Waals surface area contributed by atoms with E-state index in [0.717, 1.165) is 41.2 Å². The van der Waals surface area contributed by atoms with Gasteiger partial charge in [-0.15, -0.1) is 0 Å². The summed E-state index contributed by atoms with van der Waals surface area (Å²) in [5.41, 5.74) is 3.70. The molecule has 4 nitrogen and oxygen atoms in total. The fraction of sp³-hybridized carbons (Fsp3) is 0.211. The first-order valence-corrected chi connectivity index (χ1v) is 7.92. The Morgan fingerprint density at radius 1 is 1.12 bits per heavy atom. The van der Waals surface area contributed by atoms with Gasteiger partial charge in [0.1, 0.15) is 11.6 Å². The summed E-state index contributed by atoms with van der Waals surface area (Å²) in [7, 11) is 0. The maximum absolute atomic E-state index is 13.3. The molecule has 3 heterocycles. The average molecular weight is 318 g/mol. The molecule has 1 unspecified atom stereocenters. The summed E-state index contributed by atoms with van der Waals surface area (Å²) in [5.74, 6) is 0.722. The van der Waals surface area contributed by atoms with Gasteiger partial charge in [0.2, 0.25) is 0 Å². The van der Waals surface area contributed by atoms with Gasteiger partial charge in [-0.1, -0.05) is 0 Å². The minimum absolute atomic E-state index is 0.134. The van der Waals surface area contributed by atoms with Gasteiger partial charge in [-0.3, -0.25) is 4.98 Å². The van der Waals surface area contributed by atoms with E-state index in [4.69, 9.17) is 10.2 Å². The SMILES string of the molecule is N#CCC1CCc2nc(-c3ccc(F)cc3)c(-c3ccncc3)n21. The second-order valence-corrected chi connectivity index (χ2v) is 5.89. The van der Waals surface area contributed by atoms with Crippen LogP contribution in [0.15, 0.2) is 48.8 Å². The number of hydrogen-bond acceptors (Lipinski definition) is 3. The van der Waals surface area contributed by atoms with Gasteiger partial charge in [0.05, 0.1) is 23.9 Å². The van der Waals surface area contributed by atoms with Crippen molar-refractivity contribution in [3.8, 4) is 28.6 Å². The number of rotatable bonds is 3. The van der Waals surface area contributed by atoms with Crippen molar-refractivity contribution in [1.82, 2.24) is 14.5 Å². The summed E-state index contributed by atoms with van der Waals surface area (Å²) < 4.78 is 15.5. The normalized spacial score (nSPS) is 15.9. The van der Waals surface area contributed by atoms with Gasteiger partial charge in [0.15, 0.2) is 0 Å². The summed E-state index contributed by atoms with van der Waals surface area (Å²) in [5, 5.41) is 9.13. The molecule has 1 aromatic carbocycles. The zero-order valence-electron chi connectivity index (χ0n) is 13.0. The van der Waals surface area contributed by atoms with Crippen LogP contribution in [0.1, 0.15) is 24.7 Å². The lowest BCUT2D eigenvalue weighted by atomic mass is 10.0. The highest BCUT2D eigenvalue weighted by Gasteiger charge is 2.29. The van der Waals surface area contributed by atoms with Gasteiger partial charge in [-0.05, 0) is 42.8 Å². The molecule has 5 heteroatoms. The third kappa shape index (κ3) is 2.37. The zero-order chi connectivity index (χ0) is 16.5. The predicted octanol–water partition coefficient (Wildman–Crippen LogP) is 4.15. The Labute approximate surface area is 139 Å². The molecule has 1 aliphatic rings. The molecule has 0 saturated heterocycles. The number of aromatic nitrogens is 3. The molecule has 0 N–H and O–H groups in total. The van der Waals surface area contributed by atoms with Crippen LogP contribution >= 0.6 is 0 Å². The van der Waals surface area contributed by atoms with Crippen LogP contribution in [-0.2, 0) is 6.42 Å². The standard InChI is InChI=1S/C19H15FN4/c20-15-3-1-13(2-4-15)18-19(14-8-11-22-12-9-14)24-16(7-10-21)5-6-17(24)23-18/h1-4,8-9,11-12,16H,5-7H2. The van der Waals surface area contributed by atoms with E-state index in [1.54, 1.807) is 24.5 Å². The van der Waals surface area contributed by atoms with Crippen LogP contribution in [0, 0.1) is 17.1 Å². The van der Waals surface area contributed by atoms with E-state index in [1.165, 1.54) is 12.1 Å². The lowest BCUT2D eigenvalue weighted by Gasteiger charge is -2.15. The number of halogens is 1. The molecule has 0 fully saturated rings. The number of aryl methyl sites for hydroxylation is 1. The number of imidazole rings is 1. The molecule has 118 valence electrons. The molecule has 0 saturated carbocycles. The zero-order valence-corrected chi connectivity index (χ0v) is 13.0. The Bertz CT molecular complexity index is 907. The minimum Gasteiger partial charge on any atom is -0.323 e. The van der Waals surface area contributed by atoms with Crippen LogP contribution in [0.2, 0.25) is 0 Å². The van der Waals surface area contributed by atoms with Crippen LogP contribution in [0.5, 0.6) is 0 Å². The Morgan fingerprint density at radius 2 is 1.88 bits per heavy atom. The third-order valence-corrected chi connectivity index (χ3v) is 4.45. The van der Waals surface area contributed by atoms with Gasteiger partial charge in [0.25, 0.3) is 0 Å². The molecule has 2 aromatic heterocycles. The van der Waals surface area contributed by atoms with Crippen molar-refractivity contribution in [1.29, 1.82) is 5.26 Å². The number of nitrogens with zero attached hydrogens (tertiary/aromatic N) is 4. The van der Waals surface area contributed by atoms with Gasteiger partial charge in [-0.2, -0.15) is 5.26 Å². The molecule has 0 bridgehead atoms. The Kier molecular flexibility index (Phi) is 3.58. The minimum atomic E-state index is -0.265. The fourth-order valence-corrected chi connectivity index (χ4v) is 3.37. The van der Waals surface area contributed by atoms with E-state index < -0.39 is 0 Å². The molecule has 4 rings (SSSR count). The second kappa shape index (κ2) is 5.89. The van der Waals surface area contributed by atoms with Crippen LogP contribution in [0.3, 0.4) is 0 Å². The van der Waals surface area contributed by atoms with Crippen LogP contribution < -0.4 is 0 Å². The summed E-state index contributed by atoms with van der Waals surface area (Å²) >= 11 is 0.